The molecule has 0 aromatic heterocycles. The Kier molecular flexibility index (Phi) is 4.12. The van der Waals surface area contributed by atoms with Crippen molar-refractivity contribution in [2.75, 3.05) is 0 Å². The Morgan fingerprint density at radius 2 is 1.70 bits per heavy atom. The van der Waals surface area contributed by atoms with Crippen molar-refractivity contribution >= 4 is 11.9 Å². The van der Waals surface area contributed by atoms with E-state index in [1.165, 1.54) is 12.5 Å². The van der Waals surface area contributed by atoms with E-state index >= 15 is 0 Å². The summed E-state index contributed by atoms with van der Waals surface area (Å²) in [5.74, 6) is -1.19. The first-order valence-corrected chi connectivity index (χ1v) is 7.07. The SMILES string of the molecule is Cc1cc(C(=O)O)cc(C(=O)NC2(C)CCCCC2)c1. The van der Waals surface area contributed by atoms with Gasteiger partial charge in [-0.15, -0.1) is 0 Å². The van der Waals surface area contributed by atoms with Crippen LogP contribution in [-0.4, -0.2) is 22.5 Å². The van der Waals surface area contributed by atoms with Crippen LogP contribution in [-0.2, 0) is 0 Å². The fourth-order valence-electron chi connectivity index (χ4n) is 2.84. The molecule has 1 aromatic carbocycles. The van der Waals surface area contributed by atoms with Gasteiger partial charge in [0.2, 0.25) is 0 Å². The number of hydrogen-bond donors (Lipinski definition) is 2. The van der Waals surface area contributed by atoms with Crippen LogP contribution in [0.15, 0.2) is 18.2 Å². The molecule has 0 radical (unpaired) electrons. The summed E-state index contributed by atoms with van der Waals surface area (Å²) >= 11 is 0. The van der Waals surface area contributed by atoms with Crippen LogP contribution in [0.4, 0.5) is 0 Å². The van der Waals surface area contributed by atoms with Crippen molar-refractivity contribution < 1.29 is 14.7 Å². The molecule has 1 fully saturated rings. The number of amides is 1. The fraction of sp³-hybridized carbons (Fsp3) is 0.500. The quantitative estimate of drug-likeness (QED) is 0.890. The normalized spacial score (nSPS) is 17.5. The van der Waals surface area contributed by atoms with Gasteiger partial charge in [0, 0.05) is 11.1 Å². The summed E-state index contributed by atoms with van der Waals surface area (Å²) in [5.41, 5.74) is 1.20. The van der Waals surface area contributed by atoms with Gasteiger partial charge in [-0.1, -0.05) is 19.3 Å². The minimum absolute atomic E-state index is 0.156. The van der Waals surface area contributed by atoms with E-state index in [0.717, 1.165) is 31.2 Å². The number of aromatic carboxylic acids is 1. The maximum absolute atomic E-state index is 12.3. The van der Waals surface area contributed by atoms with Gasteiger partial charge in [-0.25, -0.2) is 4.79 Å². The highest BCUT2D eigenvalue weighted by atomic mass is 16.4. The smallest absolute Gasteiger partial charge is 0.335 e. The summed E-state index contributed by atoms with van der Waals surface area (Å²) in [7, 11) is 0. The van der Waals surface area contributed by atoms with Crippen LogP contribution in [0.25, 0.3) is 0 Å². The summed E-state index contributed by atoms with van der Waals surface area (Å²) in [6.45, 7) is 3.86. The van der Waals surface area contributed by atoms with Crippen LogP contribution in [0.1, 0.15) is 65.3 Å². The number of carboxylic acids is 1. The molecule has 0 aliphatic heterocycles. The number of benzene rings is 1. The van der Waals surface area contributed by atoms with E-state index in [0.29, 0.717) is 5.56 Å². The fourth-order valence-corrected chi connectivity index (χ4v) is 2.84. The zero-order chi connectivity index (χ0) is 14.8. The zero-order valence-electron chi connectivity index (χ0n) is 12.0. The monoisotopic (exact) mass is 275 g/mol. The Labute approximate surface area is 119 Å². The molecule has 1 aliphatic rings. The summed E-state index contributed by atoms with van der Waals surface area (Å²) in [5, 5.41) is 12.1. The molecular formula is C16H21NO3. The molecule has 0 unspecified atom stereocenters. The topological polar surface area (TPSA) is 66.4 Å². The molecule has 1 aliphatic carbocycles. The predicted octanol–water partition coefficient (Wildman–Crippen LogP) is 3.15. The summed E-state index contributed by atoms with van der Waals surface area (Å²) in [6.07, 6.45) is 5.45. The van der Waals surface area contributed by atoms with Crippen molar-refractivity contribution in [1.82, 2.24) is 5.32 Å². The molecule has 0 heterocycles. The Hall–Kier alpha value is -1.84. The molecule has 2 N–H and O–H groups in total. The van der Waals surface area contributed by atoms with E-state index in [2.05, 4.69) is 12.2 Å². The molecule has 1 aromatic rings. The van der Waals surface area contributed by atoms with Gasteiger partial charge in [0.25, 0.3) is 5.91 Å². The minimum Gasteiger partial charge on any atom is -0.478 e. The van der Waals surface area contributed by atoms with Gasteiger partial charge in [-0.3, -0.25) is 4.79 Å². The van der Waals surface area contributed by atoms with E-state index in [1.54, 1.807) is 19.1 Å². The molecule has 1 amide bonds. The van der Waals surface area contributed by atoms with E-state index < -0.39 is 5.97 Å². The van der Waals surface area contributed by atoms with Crippen molar-refractivity contribution in [2.24, 2.45) is 0 Å². The standard InChI is InChI=1S/C16H21NO3/c1-11-8-12(10-13(9-11)15(19)20)14(18)17-16(2)6-4-3-5-7-16/h8-10H,3-7H2,1-2H3,(H,17,18)(H,19,20). The predicted molar refractivity (Wildman–Crippen MR) is 77.1 cm³/mol. The van der Waals surface area contributed by atoms with Gasteiger partial charge >= 0.3 is 5.97 Å². The van der Waals surface area contributed by atoms with Crippen LogP contribution in [0.3, 0.4) is 0 Å². The Morgan fingerprint density at radius 1 is 1.10 bits per heavy atom. The Balaban J connectivity index is 2.18. The van der Waals surface area contributed by atoms with Crippen molar-refractivity contribution in [3.8, 4) is 0 Å². The van der Waals surface area contributed by atoms with Crippen LogP contribution in [0.5, 0.6) is 0 Å². The first-order valence-electron chi connectivity index (χ1n) is 7.07. The lowest BCUT2D eigenvalue weighted by Crippen LogP contribution is -2.47. The molecule has 2 rings (SSSR count). The molecule has 0 saturated heterocycles. The number of carboxylic acid groups (broad SMARTS) is 1. The third kappa shape index (κ3) is 3.38. The second-order valence-electron chi connectivity index (χ2n) is 5.97. The zero-order valence-corrected chi connectivity index (χ0v) is 12.0. The summed E-state index contributed by atoms with van der Waals surface area (Å²) in [6, 6.07) is 4.74. The second-order valence-corrected chi connectivity index (χ2v) is 5.97. The van der Waals surface area contributed by atoms with Crippen molar-refractivity contribution in [2.45, 2.75) is 51.5 Å². The van der Waals surface area contributed by atoms with Gasteiger partial charge in [0.1, 0.15) is 0 Å². The van der Waals surface area contributed by atoms with Gasteiger partial charge in [-0.05, 0) is 50.5 Å². The van der Waals surface area contributed by atoms with Crippen molar-refractivity contribution in [3.63, 3.8) is 0 Å². The van der Waals surface area contributed by atoms with Crippen molar-refractivity contribution in [3.05, 3.63) is 34.9 Å². The third-order valence-electron chi connectivity index (χ3n) is 3.96. The highest BCUT2D eigenvalue weighted by molar-refractivity contribution is 5.98. The number of carbonyl (C=O) groups is 2. The van der Waals surface area contributed by atoms with Crippen LogP contribution < -0.4 is 5.32 Å². The largest absolute Gasteiger partial charge is 0.478 e. The number of aryl methyl sites for hydroxylation is 1. The van der Waals surface area contributed by atoms with Gasteiger partial charge in [-0.2, -0.15) is 0 Å². The second kappa shape index (κ2) is 5.65. The lowest BCUT2D eigenvalue weighted by Gasteiger charge is -2.34. The molecule has 20 heavy (non-hydrogen) atoms. The molecule has 4 heteroatoms. The number of carbonyl (C=O) groups excluding carboxylic acids is 1. The minimum atomic E-state index is -1.01. The molecule has 108 valence electrons. The van der Waals surface area contributed by atoms with Gasteiger partial charge in [0.15, 0.2) is 0 Å². The maximum Gasteiger partial charge on any atom is 0.335 e. The van der Waals surface area contributed by atoms with E-state index in [-0.39, 0.29) is 17.0 Å². The first-order chi connectivity index (χ1) is 9.39. The van der Waals surface area contributed by atoms with E-state index in [1.807, 2.05) is 0 Å². The number of hydrogen-bond acceptors (Lipinski definition) is 2. The third-order valence-corrected chi connectivity index (χ3v) is 3.96. The first kappa shape index (κ1) is 14.6. The molecule has 4 nitrogen and oxygen atoms in total. The van der Waals surface area contributed by atoms with Gasteiger partial charge in [0.05, 0.1) is 5.56 Å². The lowest BCUT2D eigenvalue weighted by atomic mass is 9.83. The van der Waals surface area contributed by atoms with Gasteiger partial charge < -0.3 is 10.4 Å². The molecule has 1 saturated carbocycles. The average Bonchev–Trinajstić information content (AvgIpc) is 2.38. The Bertz CT molecular complexity index is 531. The van der Waals surface area contributed by atoms with Crippen molar-refractivity contribution in [1.29, 1.82) is 0 Å². The highest BCUT2D eigenvalue weighted by Gasteiger charge is 2.28. The van der Waals surface area contributed by atoms with E-state index in [9.17, 15) is 9.59 Å². The molecular weight excluding hydrogens is 254 g/mol. The van der Waals surface area contributed by atoms with Crippen LogP contribution in [0, 0.1) is 6.92 Å². The molecule has 0 bridgehead atoms. The number of nitrogens with one attached hydrogen (secondary N) is 1. The lowest BCUT2D eigenvalue weighted by molar-refractivity contribution is 0.0696. The van der Waals surface area contributed by atoms with Crippen LogP contribution in [0.2, 0.25) is 0 Å². The summed E-state index contributed by atoms with van der Waals surface area (Å²) in [4.78, 5) is 23.4. The maximum atomic E-state index is 12.3. The average molecular weight is 275 g/mol. The van der Waals surface area contributed by atoms with Crippen LogP contribution >= 0.6 is 0 Å². The summed E-state index contributed by atoms with van der Waals surface area (Å²) < 4.78 is 0. The molecule has 0 spiro atoms. The highest BCUT2D eigenvalue weighted by Crippen LogP contribution is 2.28. The van der Waals surface area contributed by atoms with E-state index in [4.69, 9.17) is 5.11 Å². The molecule has 0 atom stereocenters. The number of rotatable bonds is 3. The Morgan fingerprint density at radius 3 is 2.30 bits per heavy atom.